The van der Waals surface area contributed by atoms with Crippen molar-refractivity contribution in [3.05, 3.63) is 34.3 Å². The van der Waals surface area contributed by atoms with Gasteiger partial charge in [0.2, 0.25) is 5.91 Å². The number of amides is 1. The van der Waals surface area contributed by atoms with Crippen LogP contribution in [0.15, 0.2) is 28.7 Å². The van der Waals surface area contributed by atoms with Crippen LogP contribution in [0.25, 0.3) is 0 Å². The first kappa shape index (κ1) is 16.0. The highest BCUT2D eigenvalue weighted by molar-refractivity contribution is 9.10. The van der Waals surface area contributed by atoms with Crippen molar-refractivity contribution in [3.63, 3.8) is 0 Å². The molecule has 3 N–H and O–H groups in total. The van der Waals surface area contributed by atoms with Crippen LogP contribution >= 0.6 is 15.9 Å². The van der Waals surface area contributed by atoms with Crippen molar-refractivity contribution in [3.8, 4) is 0 Å². The Hall–Kier alpha value is -1.40. The Bertz CT molecular complexity index is 526. The van der Waals surface area contributed by atoms with E-state index in [0.29, 0.717) is 12.8 Å². The van der Waals surface area contributed by atoms with Gasteiger partial charge in [-0.15, -0.1) is 0 Å². The van der Waals surface area contributed by atoms with E-state index in [9.17, 15) is 14.7 Å². The van der Waals surface area contributed by atoms with Gasteiger partial charge in [-0.25, -0.2) is 0 Å². The zero-order chi connectivity index (χ0) is 15.5. The SMILES string of the molecule is CC(NC(=O)CNC1(C(=O)O)CCC1)c1ccc(Br)cc1. The van der Waals surface area contributed by atoms with Gasteiger partial charge in [0.1, 0.15) is 5.54 Å². The lowest BCUT2D eigenvalue weighted by molar-refractivity contribution is -0.149. The van der Waals surface area contributed by atoms with E-state index in [1.54, 1.807) is 0 Å². The monoisotopic (exact) mass is 354 g/mol. The van der Waals surface area contributed by atoms with Gasteiger partial charge in [0.05, 0.1) is 12.6 Å². The molecule has 21 heavy (non-hydrogen) atoms. The number of carboxylic acid groups (broad SMARTS) is 1. The number of halogens is 1. The van der Waals surface area contributed by atoms with Crippen LogP contribution in [0.2, 0.25) is 0 Å². The van der Waals surface area contributed by atoms with E-state index in [0.717, 1.165) is 16.5 Å². The summed E-state index contributed by atoms with van der Waals surface area (Å²) in [6.07, 6.45) is 2.05. The number of hydrogen-bond donors (Lipinski definition) is 3. The molecule has 1 amide bonds. The molecular formula is C15H19BrN2O3. The molecule has 1 unspecified atom stereocenters. The fourth-order valence-corrected chi connectivity index (χ4v) is 2.64. The van der Waals surface area contributed by atoms with Gasteiger partial charge >= 0.3 is 5.97 Å². The Morgan fingerprint density at radius 1 is 1.33 bits per heavy atom. The van der Waals surface area contributed by atoms with E-state index in [2.05, 4.69) is 26.6 Å². The van der Waals surface area contributed by atoms with Crippen molar-refractivity contribution in [2.45, 2.75) is 37.8 Å². The lowest BCUT2D eigenvalue weighted by Gasteiger charge is -2.38. The highest BCUT2D eigenvalue weighted by Crippen LogP contribution is 2.31. The third-order valence-electron chi connectivity index (χ3n) is 3.95. The van der Waals surface area contributed by atoms with E-state index in [1.165, 1.54) is 0 Å². The van der Waals surface area contributed by atoms with Crippen LogP contribution in [0.3, 0.4) is 0 Å². The van der Waals surface area contributed by atoms with Gasteiger partial charge in [-0.05, 0) is 43.9 Å². The summed E-state index contributed by atoms with van der Waals surface area (Å²) >= 11 is 3.37. The number of carbonyl (C=O) groups is 2. The topological polar surface area (TPSA) is 78.4 Å². The molecule has 1 fully saturated rings. The maximum Gasteiger partial charge on any atom is 0.323 e. The Morgan fingerprint density at radius 2 is 1.95 bits per heavy atom. The predicted molar refractivity (Wildman–Crippen MR) is 82.9 cm³/mol. The third kappa shape index (κ3) is 3.83. The second kappa shape index (κ2) is 6.58. The molecule has 0 aliphatic heterocycles. The molecule has 0 bridgehead atoms. The molecule has 2 rings (SSSR count). The van der Waals surface area contributed by atoms with Gasteiger partial charge < -0.3 is 10.4 Å². The summed E-state index contributed by atoms with van der Waals surface area (Å²) in [5, 5.41) is 14.9. The van der Waals surface area contributed by atoms with Crippen LogP contribution in [0, 0.1) is 0 Å². The maximum absolute atomic E-state index is 11.9. The number of rotatable bonds is 6. The van der Waals surface area contributed by atoms with Crippen molar-refractivity contribution < 1.29 is 14.7 Å². The lowest BCUT2D eigenvalue weighted by Crippen LogP contribution is -2.59. The molecule has 0 heterocycles. The van der Waals surface area contributed by atoms with Crippen LogP contribution in [0.4, 0.5) is 0 Å². The molecule has 5 nitrogen and oxygen atoms in total. The van der Waals surface area contributed by atoms with E-state index < -0.39 is 11.5 Å². The minimum Gasteiger partial charge on any atom is -0.480 e. The molecule has 0 radical (unpaired) electrons. The minimum atomic E-state index is -0.905. The zero-order valence-electron chi connectivity index (χ0n) is 11.9. The summed E-state index contributed by atoms with van der Waals surface area (Å²) in [6, 6.07) is 7.60. The van der Waals surface area contributed by atoms with Crippen molar-refractivity contribution in [1.29, 1.82) is 0 Å². The van der Waals surface area contributed by atoms with Crippen molar-refractivity contribution >= 4 is 27.8 Å². The van der Waals surface area contributed by atoms with E-state index in [4.69, 9.17) is 0 Å². The maximum atomic E-state index is 11.9. The van der Waals surface area contributed by atoms with E-state index in [-0.39, 0.29) is 18.5 Å². The first-order chi connectivity index (χ1) is 9.93. The molecular weight excluding hydrogens is 336 g/mol. The van der Waals surface area contributed by atoms with Crippen LogP contribution in [0.5, 0.6) is 0 Å². The summed E-state index contributed by atoms with van der Waals surface area (Å²) in [4.78, 5) is 23.1. The molecule has 114 valence electrons. The Balaban J connectivity index is 1.84. The molecule has 1 saturated carbocycles. The summed E-state index contributed by atoms with van der Waals surface area (Å²) in [5.41, 5.74) is 0.0983. The summed E-state index contributed by atoms with van der Waals surface area (Å²) < 4.78 is 0.986. The standard InChI is InChI=1S/C15H19BrN2O3/c1-10(11-3-5-12(16)6-4-11)18-13(19)9-17-15(14(20)21)7-2-8-15/h3-6,10,17H,2,7-9H2,1H3,(H,18,19)(H,20,21). The number of hydrogen-bond acceptors (Lipinski definition) is 3. The second-order valence-corrected chi connectivity index (χ2v) is 6.35. The average molecular weight is 355 g/mol. The first-order valence-corrected chi connectivity index (χ1v) is 7.75. The van der Waals surface area contributed by atoms with Crippen LogP contribution in [-0.2, 0) is 9.59 Å². The smallest absolute Gasteiger partial charge is 0.323 e. The quantitative estimate of drug-likeness (QED) is 0.731. The first-order valence-electron chi connectivity index (χ1n) is 6.96. The third-order valence-corrected chi connectivity index (χ3v) is 4.48. The number of carboxylic acids is 1. The van der Waals surface area contributed by atoms with Gasteiger partial charge in [0.15, 0.2) is 0 Å². The molecule has 0 spiro atoms. The average Bonchev–Trinajstić information content (AvgIpc) is 2.37. The fraction of sp³-hybridized carbons (Fsp3) is 0.467. The largest absolute Gasteiger partial charge is 0.480 e. The summed E-state index contributed by atoms with van der Waals surface area (Å²) in [5.74, 6) is -1.07. The second-order valence-electron chi connectivity index (χ2n) is 5.44. The van der Waals surface area contributed by atoms with Crippen molar-refractivity contribution in [2.75, 3.05) is 6.54 Å². The molecule has 1 atom stereocenters. The normalized spacial score (nSPS) is 17.6. The fourth-order valence-electron chi connectivity index (χ4n) is 2.37. The highest BCUT2D eigenvalue weighted by atomic mass is 79.9. The van der Waals surface area contributed by atoms with Crippen molar-refractivity contribution in [2.24, 2.45) is 0 Å². The van der Waals surface area contributed by atoms with E-state index in [1.807, 2.05) is 31.2 Å². The highest BCUT2D eigenvalue weighted by Gasteiger charge is 2.44. The summed E-state index contributed by atoms with van der Waals surface area (Å²) in [7, 11) is 0. The molecule has 1 aliphatic rings. The number of aliphatic carboxylic acids is 1. The van der Waals surface area contributed by atoms with Crippen LogP contribution in [-0.4, -0.2) is 29.1 Å². The minimum absolute atomic E-state index is 0.0210. The molecule has 1 aliphatic carbocycles. The van der Waals surface area contributed by atoms with Crippen LogP contribution < -0.4 is 10.6 Å². The number of carbonyl (C=O) groups excluding carboxylic acids is 1. The molecule has 6 heteroatoms. The zero-order valence-corrected chi connectivity index (χ0v) is 13.4. The Kier molecular flexibility index (Phi) is 5.00. The lowest BCUT2D eigenvalue weighted by atomic mass is 9.77. The van der Waals surface area contributed by atoms with Gasteiger partial charge in [-0.3, -0.25) is 14.9 Å². The van der Waals surface area contributed by atoms with Gasteiger partial charge in [0.25, 0.3) is 0 Å². The number of benzene rings is 1. The molecule has 1 aromatic carbocycles. The predicted octanol–water partition coefficient (Wildman–Crippen LogP) is 2.22. The molecule has 0 saturated heterocycles. The Labute approximate surface area is 132 Å². The molecule has 1 aromatic rings. The van der Waals surface area contributed by atoms with Gasteiger partial charge in [-0.1, -0.05) is 28.1 Å². The Morgan fingerprint density at radius 3 is 2.43 bits per heavy atom. The van der Waals surface area contributed by atoms with Gasteiger partial charge in [-0.2, -0.15) is 0 Å². The van der Waals surface area contributed by atoms with Crippen molar-refractivity contribution in [1.82, 2.24) is 10.6 Å². The van der Waals surface area contributed by atoms with Crippen LogP contribution in [0.1, 0.15) is 37.8 Å². The summed E-state index contributed by atoms with van der Waals surface area (Å²) in [6.45, 7) is 1.92. The van der Waals surface area contributed by atoms with Gasteiger partial charge in [0, 0.05) is 4.47 Å². The molecule has 0 aromatic heterocycles. The van der Waals surface area contributed by atoms with E-state index >= 15 is 0 Å². The number of nitrogens with one attached hydrogen (secondary N) is 2.